The van der Waals surface area contributed by atoms with Crippen LogP contribution in [0.15, 0.2) is 5.10 Å². The Morgan fingerprint density at radius 2 is 2.12 bits per heavy atom. The standard InChI is InChI=1S/C4H6N2O2/c1-3(7)4(8)6-5-2/h2H2,1H3,(H,6,8). The van der Waals surface area contributed by atoms with Gasteiger partial charge in [-0.15, -0.1) is 0 Å². The molecule has 0 aliphatic carbocycles. The topological polar surface area (TPSA) is 58.5 Å². The number of nitrogens with one attached hydrogen (secondary N) is 1. The molecule has 0 aromatic carbocycles. The number of ketones is 1. The van der Waals surface area contributed by atoms with Crippen molar-refractivity contribution in [1.82, 2.24) is 5.43 Å². The fourth-order valence-electron chi connectivity index (χ4n) is 0.151. The third-order valence-electron chi connectivity index (χ3n) is 0.500. The number of hydrogen-bond donors (Lipinski definition) is 1. The lowest BCUT2D eigenvalue weighted by Crippen LogP contribution is -2.23. The minimum atomic E-state index is -0.736. The van der Waals surface area contributed by atoms with Gasteiger partial charge in [-0.3, -0.25) is 9.59 Å². The predicted molar refractivity (Wildman–Crippen MR) is 28.4 cm³/mol. The first-order valence-electron chi connectivity index (χ1n) is 1.95. The van der Waals surface area contributed by atoms with Gasteiger partial charge in [0.1, 0.15) is 0 Å². The van der Waals surface area contributed by atoms with E-state index in [2.05, 4.69) is 11.8 Å². The summed E-state index contributed by atoms with van der Waals surface area (Å²) in [6, 6.07) is 0. The molecule has 4 heteroatoms. The van der Waals surface area contributed by atoms with Gasteiger partial charge >= 0.3 is 5.91 Å². The van der Waals surface area contributed by atoms with E-state index in [1.165, 1.54) is 0 Å². The summed E-state index contributed by atoms with van der Waals surface area (Å²) < 4.78 is 0. The Morgan fingerprint density at radius 3 is 2.25 bits per heavy atom. The highest BCUT2D eigenvalue weighted by Gasteiger charge is 2.02. The average molecular weight is 114 g/mol. The first-order valence-corrected chi connectivity index (χ1v) is 1.95. The summed E-state index contributed by atoms with van der Waals surface area (Å²) in [6.45, 7) is 4.10. The molecule has 0 spiro atoms. The van der Waals surface area contributed by atoms with Crippen molar-refractivity contribution in [2.45, 2.75) is 6.92 Å². The number of carbonyl (C=O) groups is 2. The SMILES string of the molecule is C=NNC(=O)C(C)=O. The first kappa shape index (κ1) is 6.81. The summed E-state index contributed by atoms with van der Waals surface area (Å²) in [7, 11) is 0. The number of rotatable bonds is 2. The van der Waals surface area contributed by atoms with Crippen LogP contribution in [0.4, 0.5) is 0 Å². The van der Waals surface area contributed by atoms with Crippen molar-refractivity contribution in [2.75, 3.05) is 0 Å². The van der Waals surface area contributed by atoms with Crippen molar-refractivity contribution in [1.29, 1.82) is 0 Å². The molecule has 0 saturated heterocycles. The van der Waals surface area contributed by atoms with Crippen LogP contribution in [-0.2, 0) is 9.59 Å². The van der Waals surface area contributed by atoms with Gasteiger partial charge in [0, 0.05) is 13.6 Å². The van der Waals surface area contributed by atoms with Gasteiger partial charge in [-0.1, -0.05) is 0 Å². The molecule has 0 fully saturated rings. The zero-order chi connectivity index (χ0) is 6.57. The minimum absolute atomic E-state index is 0.572. The number of nitrogens with zero attached hydrogens (tertiary/aromatic N) is 1. The highest BCUT2D eigenvalue weighted by atomic mass is 16.2. The summed E-state index contributed by atoms with van der Waals surface area (Å²) >= 11 is 0. The molecule has 4 nitrogen and oxygen atoms in total. The molecule has 0 heterocycles. The number of Topliss-reactive ketones (excluding diaryl/α,β-unsaturated/α-hetero) is 1. The molecule has 0 bridgehead atoms. The molecule has 44 valence electrons. The molecule has 8 heavy (non-hydrogen) atoms. The molecule has 0 aromatic heterocycles. The Balaban J connectivity index is 3.65. The lowest BCUT2D eigenvalue weighted by atomic mass is 10.4. The molecule has 1 N–H and O–H groups in total. The van der Waals surface area contributed by atoms with Crippen molar-refractivity contribution in [3.05, 3.63) is 0 Å². The van der Waals surface area contributed by atoms with Crippen LogP contribution in [0.2, 0.25) is 0 Å². The Bertz CT molecular complexity index is 130. The van der Waals surface area contributed by atoms with Gasteiger partial charge in [0.2, 0.25) is 5.78 Å². The van der Waals surface area contributed by atoms with Gasteiger partial charge in [0.15, 0.2) is 0 Å². The van der Waals surface area contributed by atoms with E-state index in [1.807, 2.05) is 5.43 Å². The van der Waals surface area contributed by atoms with Gasteiger partial charge in [0.05, 0.1) is 0 Å². The Hall–Kier alpha value is -1.19. The smallest absolute Gasteiger partial charge is 0.289 e. The van der Waals surface area contributed by atoms with Crippen LogP contribution in [0.25, 0.3) is 0 Å². The van der Waals surface area contributed by atoms with E-state index in [4.69, 9.17) is 0 Å². The van der Waals surface area contributed by atoms with Gasteiger partial charge in [-0.05, 0) is 0 Å². The van der Waals surface area contributed by atoms with Crippen molar-refractivity contribution < 1.29 is 9.59 Å². The number of carbonyl (C=O) groups excluding carboxylic acids is 2. The number of hydrogen-bond acceptors (Lipinski definition) is 3. The van der Waals surface area contributed by atoms with E-state index >= 15 is 0 Å². The van der Waals surface area contributed by atoms with Crippen LogP contribution in [0.1, 0.15) is 6.92 Å². The second-order valence-electron chi connectivity index (χ2n) is 1.16. The zero-order valence-electron chi connectivity index (χ0n) is 4.47. The molecule has 0 aliphatic heterocycles. The van der Waals surface area contributed by atoms with E-state index in [9.17, 15) is 9.59 Å². The van der Waals surface area contributed by atoms with E-state index in [-0.39, 0.29) is 0 Å². The van der Waals surface area contributed by atoms with Crippen LogP contribution >= 0.6 is 0 Å². The summed E-state index contributed by atoms with van der Waals surface area (Å²) in [5.41, 5.74) is 1.87. The molecule has 0 aliphatic rings. The fourth-order valence-corrected chi connectivity index (χ4v) is 0.151. The summed E-state index contributed by atoms with van der Waals surface area (Å²) in [5.74, 6) is -1.31. The number of hydrazone groups is 1. The maximum absolute atomic E-state index is 10.1. The quantitative estimate of drug-likeness (QED) is 0.293. The molecular formula is C4H6N2O2. The van der Waals surface area contributed by atoms with Crippen molar-refractivity contribution in [3.63, 3.8) is 0 Å². The largest absolute Gasteiger partial charge is 0.307 e. The highest BCUT2D eigenvalue weighted by Crippen LogP contribution is 1.66. The van der Waals surface area contributed by atoms with E-state index < -0.39 is 11.7 Å². The molecular weight excluding hydrogens is 108 g/mol. The van der Waals surface area contributed by atoms with Crippen LogP contribution in [0.3, 0.4) is 0 Å². The third kappa shape index (κ3) is 2.07. The van der Waals surface area contributed by atoms with Crippen LogP contribution in [0, 0.1) is 0 Å². The Kier molecular flexibility index (Phi) is 2.47. The third-order valence-corrected chi connectivity index (χ3v) is 0.500. The molecule has 0 unspecified atom stereocenters. The van der Waals surface area contributed by atoms with Crippen LogP contribution in [0.5, 0.6) is 0 Å². The van der Waals surface area contributed by atoms with Gasteiger partial charge < -0.3 is 0 Å². The monoisotopic (exact) mass is 114 g/mol. The fraction of sp³-hybridized carbons (Fsp3) is 0.250. The molecule has 0 rings (SSSR count). The zero-order valence-corrected chi connectivity index (χ0v) is 4.47. The second-order valence-corrected chi connectivity index (χ2v) is 1.16. The molecule has 0 aromatic rings. The molecule has 0 saturated carbocycles. The minimum Gasteiger partial charge on any atom is -0.289 e. The average Bonchev–Trinajstić information content (AvgIpc) is 1.67. The lowest BCUT2D eigenvalue weighted by molar-refractivity contribution is -0.136. The van der Waals surface area contributed by atoms with Crippen LogP contribution < -0.4 is 5.43 Å². The molecule has 0 radical (unpaired) electrons. The van der Waals surface area contributed by atoms with Gasteiger partial charge in [-0.25, -0.2) is 5.43 Å². The van der Waals surface area contributed by atoms with Crippen molar-refractivity contribution in [2.24, 2.45) is 5.10 Å². The van der Waals surface area contributed by atoms with Crippen molar-refractivity contribution in [3.8, 4) is 0 Å². The van der Waals surface area contributed by atoms with E-state index in [0.717, 1.165) is 6.92 Å². The summed E-state index contributed by atoms with van der Waals surface area (Å²) in [5, 5.41) is 2.99. The first-order chi connectivity index (χ1) is 3.68. The molecule has 1 amide bonds. The highest BCUT2D eigenvalue weighted by molar-refractivity contribution is 6.35. The number of amides is 1. The van der Waals surface area contributed by atoms with E-state index in [1.54, 1.807) is 0 Å². The predicted octanol–water partition coefficient (Wildman–Crippen LogP) is -0.693. The van der Waals surface area contributed by atoms with Crippen LogP contribution in [-0.4, -0.2) is 18.4 Å². The Labute approximate surface area is 46.6 Å². The maximum atomic E-state index is 10.1. The molecule has 0 atom stereocenters. The lowest BCUT2D eigenvalue weighted by Gasteiger charge is -1.88. The normalized spacial score (nSPS) is 7.62. The summed E-state index contributed by atoms with van der Waals surface area (Å²) in [6.07, 6.45) is 0. The maximum Gasteiger partial charge on any atom is 0.307 e. The second kappa shape index (κ2) is 2.90. The summed E-state index contributed by atoms with van der Waals surface area (Å²) in [4.78, 5) is 20.2. The van der Waals surface area contributed by atoms with E-state index in [0.29, 0.717) is 0 Å². The Morgan fingerprint density at radius 1 is 1.62 bits per heavy atom. The van der Waals surface area contributed by atoms with Crippen molar-refractivity contribution >= 4 is 18.4 Å². The van der Waals surface area contributed by atoms with Gasteiger partial charge in [-0.2, -0.15) is 5.10 Å². The van der Waals surface area contributed by atoms with Gasteiger partial charge in [0.25, 0.3) is 0 Å².